The molecule has 4 N–H and O–H groups in total. The van der Waals surface area contributed by atoms with Crippen LogP contribution in [0.5, 0.6) is 0 Å². The van der Waals surface area contributed by atoms with Crippen LogP contribution in [0.15, 0.2) is 9.59 Å². The molecule has 0 saturated heterocycles. The Morgan fingerprint density at radius 1 is 1.37 bits per heavy atom. The summed E-state index contributed by atoms with van der Waals surface area (Å²) in [6, 6.07) is 0. The lowest BCUT2D eigenvalue weighted by atomic mass is 10.4. The molecule has 1 heterocycles. The lowest BCUT2D eigenvalue weighted by Crippen LogP contribution is -2.33. The van der Waals surface area contributed by atoms with E-state index in [0.717, 1.165) is 6.54 Å². The van der Waals surface area contributed by atoms with Gasteiger partial charge >= 0.3 is 5.69 Å². The first-order valence-electron chi connectivity index (χ1n) is 5.98. The molecule has 0 atom stereocenters. The van der Waals surface area contributed by atoms with Crippen LogP contribution < -0.4 is 22.3 Å². The Bertz CT molecular complexity index is 520. The van der Waals surface area contributed by atoms with Gasteiger partial charge in [0.25, 0.3) is 5.56 Å². The molecular formula is C11H21N5O3. The minimum Gasteiger partial charge on any atom is -0.383 e. The fourth-order valence-electron chi connectivity index (χ4n) is 1.41. The van der Waals surface area contributed by atoms with Crippen molar-refractivity contribution in [2.45, 2.75) is 0 Å². The van der Waals surface area contributed by atoms with Crippen molar-refractivity contribution in [3.05, 3.63) is 20.8 Å². The summed E-state index contributed by atoms with van der Waals surface area (Å²) < 4.78 is 6.55. The van der Waals surface area contributed by atoms with Gasteiger partial charge < -0.3 is 20.7 Å². The second-order valence-corrected chi connectivity index (χ2v) is 4.42. The third-order valence-electron chi connectivity index (χ3n) is 2.60. The highest BCUT2D eigenvalue weighted by Gasteiger charge is 2.08. The molecule has 8 nitrogen and oxygen atoms in total. The number of anilines is 2. The molecular weight excluding hydrogens is 250 g/mol. The summed E-state index contributed by atoms with van der Waals surface area (Å²) in [6.07, 6.45) is 0. The van der Waals surface area contributed by atoms with E-state index in [2.05, 4.69) is 10.3 Å². The third-order valence-corrected chi connectivity index (χ3v) is 2.60. The maximum atomic E-state index is 11.6. The van der Waals surface area contributed by atoms with Gasteiger partial charge in [0.05, 0.1) is 13.2 Å². The zero-order valence-electron chi connectivity index (χ0n) is 11.5. The summed E-state index contributed by atoms with van der Waals surface area (Å²) in [6.45, 7) is 2.35. The number of hydrogen-bond acceptors (Lipinski definition) is 6. The minimum atomic E-state index is -0.532. The molecule has 0 amide bonds. The van der Waals surface area contributed by atoms with Gasteiger partial charge in [0.15, 0.2) is 0 Å². The van der Waals surface area contributed by atoms with E-state index >= 15 is 0 Å². The third kappa shape index (κ3) is 4.42. The van der Waals surface area contributed by atoms with Crippen LogP contribution in [0.4, 0.5) is 11.5 Å². The highest BCUT2D eigenvalue weighted by atomic mass is 16.5. The number of aromatic nitrogens is 2. The van der Waals surface area contributed by atoms with Crippen LogP contribution in [0.25, 0.3) is 0 Å². The van der Waals surface area contributed by atoms with E-state index in [1.54, 1.807) is 0 Å². The number of ether oxygens (including phenoxy) is 1. The predicted octanol–water partition coefficient (Wildman–Crippen LogP) is -1.35. The highest BCUT2D eigenvalue weighted by Crippen LogP contribution is 2.07. The predicted molar refractivity (Wildman–Crippen MR) is 74.6 cm³/mol. The number of nitrogen functional groups attached to an aromatic ring is 1. The number of nitrogens with zero attached hydrogens (tertiary/aromatic N) is 2. The molecule has 0 aliphatic rings. The molecule has 0 radical (unpaired) electrons. The van der Waals surface area contributed by atoms with Crippen LogP contribution in [-0.4, -0.2) is 54.8 Å². The Morgan fingerprint density at radius 2 is 2.05 bits per heavy atom. The SMILES string of the molecule is CN(C)CCOCCNc1c(N)n(C)c(=O)[nH]c1=O. The van der Waals surface area contributed by atoms with E-state index in [9.17, 15) is 9.59 Å². The maximum Gasteiger partial charge on any atom is 0.329 e. The van der Waals surface area contributed by atoms with Crippen LogP contribution in [0, 0.1) is 0 Å². The first-order chi connectivity index (χ1) is 8.93. The molecule has 0 aliphatic heterocycles. The molecule has 0 unspecified atom stereocenters. The lowest BCUT2D eigenvalue weighted by Gasteiger charge is -2.12. The number of aromatic amines is 1. The summed E-state index contributed by atoms with van der Waals surface area (Å²) in [7, 11) is 5.42. The second-order valence-electron chi connectivity index (χ2n) is 4.42. The summed E-state index contributed by atoms with van der Waals surface area (Å²) in [4.78, 5) is 27.0. The van der Waals surface area contributed by atoms with Crippen molar-refractivity contribution in [3.63, 3.8) is 0 Å². The summed E-state index contributed by atoms with van der Waals surface area (Å²) in [5.74, 6) is 0.113. The summed E-state index contributed by atoms with van der Waals surface area (Å²) in [5.41, 5.74) is 4.84. The Kier molecular flexibility index (Phi) is 5.58. The van der Waals surface area contributed by atoms with Gasteiger partial charge in [-0.25, -0.2) is 4.79 Å². The van der Waals surface area contributed by atoms with Crippen molar-refractivity contribution >= 4 is 11.5 Å². The van der Waals surface area contributed by atoms with E-state index in [1.165, 1.54) is 11.6 Å². The van der Waals surface area contributed by atoms with Crippen LogP contribution in [0.3, 0.4) is 0 Å². The van der Waals surface area contributed by atoms with Crippen LogP contribution in [-0.2, 0) is 11.8 Å². The van der Waals surface area contributed by atoms with Gasteiger partial charge in [-0.3, -0.25) is 14.3 Å². The van der Waals surface area contributed by atoms with Crippen LogP contribution in [0.2, 0.25) is 0 Å². The molecule has 19 heavy (non-hydrogen) atoms. The van der Waals surface area contributed by atoms with Crippen LogP contribution in [0.1, 0.15) is 0 Å². The van der Waals surface area contributed by atoms with Gasteiger partial charge in [-0.05, 0) is 14.1 Å². The zero-order valence-corrected chi connectivity index (χ0v) is 11.5. The molecule has 0 spiro atoms. The number of rotatable bonds is 7. The zero-order chi connectivity index (χ0) is 14.4. The van der Waals surface area contributed by atoms with Gasteiger partial charge in [0.1, 0.15) is 11.5 Å². The standard InChI is InChI=1S/C11H21N5O3/c1-15(2)5-7-19-6-4-13-8-9(12)16(3)11(18)14-10(8)17/h13H,4-7,12H2,1-3H3,(H,14,17,18). The minimum absolute atomic E-state index is 0.113. The molecule has 0 fully saturated rings. The Hall–Kier alpha value is -1.80. The molecule has 1 aromatic heterocycles. The average Bonchev–Trinajstić information content (AvgIpc) is 2.34. The number of H-pyrrole nitrogens is 1. The number of likely N-dealkylation sites (N-methyl/N-ethyl adjacent to an activating group) is 1. The van der Waals surface area contributed by atoms with E-state index in [1.807, 2.05) is 19.0 Å². The maximum absolute atomic E-state index is 11.6. The fraction of sp³-hybridized carbons (Fsp3) is 0.636. The number of nitrogens with one attached hydrogen (secondary N) is 2. The van der Waals surface area contributed by atoms with Gasteiger partial charge in [-0.15, -0.1) is 0 Å². The Balaban J connectivity index is 2.48. The van der Waals surface area contributed by atoms with E-state index < -0.39 is 11.2 Å². The number of hydrogen-bond donors (Lipinski definition) is 3. The summed E-state index contributed by atoms with van der Waals surface area (Å²) in [5, 5.41) is 2.87. The molecule has 0 aromatic carbocycles. The van der Waals surface area contributed by atoms with Gasteiger partial charge in [0, 0.05) is 20.1 Å². The molecule has 0 aliphatic carbocycles. The van der Waals surface area contributed by atoms with Crippen molar-refractivity contribution in [1.82, 2.24) is 14.5 Å². The molecule has 1 aromatic rings. The normalized spacial score (nSPS) is 10.9. The largest absolute Gasteiger partial charge is 0.383 e. The monoisotopic (exact) mass is 271 g/mol. The van der Waals surface area contributed by atoms with Crippen LogP contribution >= 0.6 is 0 Å². The van der Waals surface area contributed by atoms with Crippen molar-refractivity contribution in [2.75, 3.05) is 51.4 Å². The summed E-state index contributed by atoms with van der Waals surface area (Å²) >= 11 is 0. The molecule has 8 heteroatoms. The smallest absolute Gasteiger partial charge is 0.329 e. The van der Waals surface area contributed by atoms with Gasteiger partial charge in [-0.1, -0.05) is 0 Å². The second kappa shape index (κ2) is 6.95. The van der Waals surface area contributed by atoms with Gasteiger partial charge in [0.2, 0.25) is 0 Å². The first kappa shape index (κ1) is 15.3. The van der Waals surface area contributed by atoms with Crippen molar-refractivity contribution in [3.8, 4) is 0 Å². The van der Waals surface area contributed by atoms with Crippen molar-refractivity contribution in [2.24, 2.45) is 7.05 Å². The van der Waals surface area contributed by atoms with E-state index in [4.69, 9.17) is 10.5 Å². The highest BCUT2D eigenvalue weighted by molar-refractivity contribution is 5.60. The molecule has 0 saturated carbocycles. The Labute approximate surface area is 111 Å². The molecule has 108 valence electrons. The molecule has 0 bridgehead atoms. The average molecular weight is 271 g/mol. The fourth-order valence-corrected chi connectivity index (χ4v) is 1.41. The quantitative estimate of drug-likeness (QED) is 0.529. The lowest BCUT2D eigenvalue weighted by molar-refractivity contribution is 0.126. The Morgan fingerprint density at radius 3 is 2.68 bits per heavy atom. The van der Waals surface area contributed by atoms with Gasteiger partial charge in [-0.2, -0.15) is 0 Å². The van der Waals surface area contributed by atoms with E-state index in [-0.39, 0.29) is 11.5 Å². The number of nitrogens with two attached hydrogens (primary N) is 1. The topological polar surface area (TPSA) is 105 Å². The van der Waals surface area contributed by atoms with Crippen molar-refractivity contribution < 1.29 is 4.74 Å². The molecule has 1 rings (SSSR count). The first-order valence-corrected chi connectivity index (χ1v) is 5.98. The van der Waals surface area contributed by atoms with Crippen molar-refractivity contribution in [1.29, 1.82) is 0 Å². The van der Waals surface area contributed by atoms with E-state index in [0.29, 0.717) is 19.8 Å².